The maximum Gasteiger partial charge on any atom is 0.329 e. The number of hydrogen-bond donors (Lipinski definition) is 1. The number of rotatable bonds is 4. The van der Waals surface area contributed by atoms with Gasteiger partial charge in [0.25, 0.3) is 0 Å². The van der Waals surface area contributed by atoms with Crippen molar-refractivity contribution in [2.45, 2.75) is 26.3 Å². The Labute approximate surface area is 70.4 Å². The lowest BCUT2D eigenvalue weighted by molar-refractivity contribution is -0.138. The molecule has 0 rings (SSSR count). The van der Waals surface area contributed by atoms with Crippen LogP contribution in [0, 0.1) is 5.92 Å². The first-order valence-electron chi connectivity index (χ1n) is 3.37. The first kappa shape index (κ1) is 13.4. The van der Waals surface area contributed by atoms with E-state index in [-0.39, 0.29) is 11.4 Å². The van der Waals surface area contributed by atoms with Crippen LogP contribution < -0.4 is 0 Å². The van der Waals surface area contributed by atoms with Gasteiger partial charge in [-0.25, -0.2) is 9.59 Å². The average molecular weight is 175 g/mol. The van der Waals surface area contributed by atoms with Crippen molar-refractivity contribution in [3.8, 4) is 0 Å². The largest absolute Gasteiger partial charge is 0.480 e. The van der Waals surface area contributed by atoms with Gasteiger partial charge < -0.3 is 10.6 Å². The molecule has 1 unspecified atom stereocenters. The highest BCUT2D eigenvalue weighted by atomic mass is 16.4. The van der Waals surface area contributed by atoms with Crippen LogP contribution >= 0.6 is 0 Å². The molecule has 0 aliphatic rings. The van der Waals surface area contributed by atoms with E-state index < -0.39 is 12.0 Å². The standard InChI is InChI=1S/C7H11NO3.H2O/c1-5(2)3-6(7(10)11)8-4-9;/h5-6H,3H2,1-2H3,(H,10,11);1H2. The number of carbonyl (C=O) groups is 1. The normalized spacial score (nSPS) is 11.2. The lowest BCUT2D eigenvalue weighted by Crippen LogP contribution is -2.19. The molecule has 0 aromatic rings. The number of nitrogens with zero attached hydrogens (tertiary/aromatic N) is 1. The summed E-state index contributed by atoms with van der Waals surface area (Å²) in [4.78, 5) is 23.3. The van der Waals surface area contributed by atoms with Gasteiger partial charge >= 0.3 is 5.97 Å². The van der Waals surface area contributed by atoms with Crippen molar-refractivity contribution >= 4 is 12.0 Å². The fraction of sp³-hybridized carbons (Fsp3) is 0.714. The molecule has 0 saturated heterocycles. The molecule has 5 nitrogen and oxygen atoms in total. The van der Waals surface area contributed by atoms with Crippen LogP contribution in [0.5, 0.6) is 0 Å². The Balaban J connectivity index is 0. The molecule has 0 amide bonds. The smallest absolute Gasteiger partial charge is 0.329 e. The Morgan fingerprint density at radius 2 is 2.08 bits per heavy atom. The van der Waals surface area contributed by atoms with E-state index in [4.69, 9.17) is 5.11 Å². The van der Waals surface area contributed by atoms with E-state index in [9.17, 15) is 9.59 Å². The van der Waals surface area contributed by atoms with Gasteiger partial charge in [0.05, 0.1) is 0 Å². The molecular weight excluding hydrogens is 162 g/mol. The molecule has 0 aromatic carbocycles. The monoisotopic (exact) mass is 175 g/mol. The first-order chi connectivity index (χ1) is 5.07. The number of carboxylic acids is 1. The highest BCUT2D eigenvalue weighted by Crippen LogP contribution is 2.07. The van der Waals surface area contributed by atoms with Crippen LogP contribution in [0.4, 0.5) is 0 Å². The summed E-state index contributed by atoms with van der Waals surface area (Å²) in [5.41, 5.74) is 0. The second kappa shape index (κ2) is 6.52. The van der Waals surface area contributed by atoms with E-state index in [2.05, 4.69) is 4.99 Å². The second-order valence-corrected chi connectivity index (χ2v) is 2.70. The molecule has 5 heteroatoms. The van der Waals surface area contributed by atoms with Gasteiger partial charge in [0.1, 0.15) is 0 Å². The van der Waals surface area contributed by atoms with E-state index in [1.807, 2.05) is 13.8 Å². The van der Waals surface area contributed by atoms with E-state index >= 15 is 0 Å². The van der Waals surface area contributed by atoms with Crippen molar-refractivity contribution in [2.75, 3.05) is 0 Å². The molecule has 3 N–H and O–H groups in total. The van der Waals surface area contributed by atoms with Crippen LogP contribution in [-0.2, 0) is 9.59 Å². The molecule has 0 saturated carbocycles. The number of carbonyl (C=O) groups excluding carboxylic acids is 1. The molecule has 0 aliphatic carbocycles. The van der Waals surface area contributed by atoms with Gasteiger partial charge in [0, 0.05) is 0 Å². The van der Waals surface area contributed by atoms with E-state index in [0.717, 1.165) is 0 Å². The Kier molecular flexibility index (Phi) is 7.28. The third-order valence-corrected chi connectivity index (χ3v) is 1.19. The van der Waals surface area contributed by atoms with Crippen molar-refractivity contribution < 1.29 is 20.2 Å². The van der Waals surface area contributed by atoms with E-state index in [1.54, 1.807) is 0 Å². The number of aliphatic imine (C=N–C) groups is 1. The van der Waals surface area contributed by atoms with Gasteiger partial charge in [-0.3, -0.25) is 0 Å². The Morgan fingerprint density at radius 1 is 1.58 bits per heavy atom. The molecule has 12 heavy (non-hydrogen) atoms. The van der Waals surface area contributed by atoms with Crippen LogP contribution in [0.15, 0.2) is 4.99 Å². The summed E-state index contributed by atoms with van der Waals surface area (Å²) < 4.78 is 0. The summed E-state index contributed by atoms with van der Waals surface area (Å²) >= 11 is 0. The predicted molar refractivity (Wildman–Crippen MR) is 42.6 cm³/mol. The zero-order valence-electron chi connectivity index (χ0n) is 7.07. The quantitative estimate of drug-likeness (QED) is 0.480. The SMILES string of the molecule is CC(C)CC(N=C=O)C(=O)O.O. The summed E-state index contributed by atoms with van der Waals surface area (Å²) in [6.07, 6.45) is 1.63. The van der Waals surface area contributed by atoms with Gasteiger partial charge in [-0.2, -0.15) is 4.99 Å². The molecule has 0 fully saturated rings. The van der Waals surface area contributed by atoms with Crippen LogP contribution in [0.3, 0.4) is 0 Å². The number of isocyanates is 1. The highest BCUT2D eigenvalue weighted by molar-refractivity contribution is 5.74. The molecule has 0 radical (unpaired) electrons. The fourth-order valence-electron chi connectivity index (χ4n) is 0.719. The molecule has 0 aromatic heterocycles. The van der Waals surface area contributed by atoms with Gasteiger partial charge in [0.2, 0.25) is 6.08 Å². The third kappa shape index (κ3) is 5.58. The second-order valence-electron chi connectivity index (χ2n) is 2.70. The summed E-state index contributed by atoms with van der Waals surface area (Å²) in [6, 6.07) is -0.924. The van der Waals surface area contributed by atoms with Crippen LogP contribution in [0.1, 0.15) is 20.3 Å². The summed E-state index contributed by atoms with van der Waals surface area (Å²) in [7, 11) is 0. The van der Waals surface area contributed by atoms with Crippen molar-refractivity contribution in [3.63, 3.8) is 0 Å². The zero-order chi connectivity index (χ0) is 8.85. The minimum Gasteiger partial charge on any atom is -0.480 e. The minimum atomic E-state index is -1.07. The van der Waals surface area contributed by atoms with Crippen molar-refractivity contribution in [3.05, 3.63) is 0 Å². The van der Waals surface area contributed by atoms with Crippen molar-refractivity contribution in [1.82, 2.24) is 0 Å². The Hall–Kier alpha value is -1.19. The Morgan fingerprint density at radius 3 is 2.33 bits per heavy atom. The van der Waals surface area contributed by atoms with Crippen LogP contribution in [0.25, 0.3) is 0 Å². The summed E-state index contributed by atoms with van der Waals surface area (Å²) in [5.74, 6) is -0.852. The van der Waals surface area contributed by atoms with Gasteiger partial charge in [-0.05, 0) is 12.3 Å². The summed E-state index contributed by atoms with van der Waals surface area (Å²) in [6.45, 7) is 3.74. The fourth-order valence-corrected chi connectivity index (χ4v) is 0.719. The molecule has 0 heterocycles. The maximum atomic E-state index is 10.4. The van der Waals surface area contributed by atoms with Crippen molar-refractivity contribution in [2.24, 2.45) is 10.9 Å². The maximum absolute atomic E-state index is 10.4. The average Bonchev–Trinajstić information content (AvgIpc) is 1.86. The Bertz CT molecular complexity index is 182. The van der Waals surface area contributed by atoms with Crippen LogP contribution in [0.2, 0.25) is 0 Å². The lowest BCUT2D eigenvalue weighted by Gasteiger charge is -2.06. The molecule has 70 valence electrons. The molecule has 0 bridgehead atoms. The third-order valence-electron chi connectivity index (χ3n) is 1.19. The van der Waals surface area contributed by atoms with Gasteiger partial charge in [-0.1, -0.05) is 13.8 Å². The van der Waals surface area contributed by atoms with Gasteiger partial charge in [-0.15, -0.1) is 0 Å². The molecule has 1 atom stereocenters. The van der Waals surface area contributed by atoms with Crippen LogP contribution in [-0.4, -0.2) is 28.7 Å². The van der Waals surface area contributed by atoms with E-state index in [1.165, 1.54) is 6.08 Å². The molecule has 0 spiro atoms. The number of carboxylic acid groups (broad SMARTS) is 1. The summed E-state index contributed by atoms with van der Waals surface area (Å²) in [5, 5.41) is 8.48. The number of hydrogen-bond acceptors (Lipinski definition) is 3. The predicted octanol–water partition coefficient (Wildman–Crippen LogP) is -0.00320. The minimum absolute atomic E-state index is 0. The topological polar surface area (TPSA) is 98.2 Å². The first-order valence-corrected chi connectivity index (χ1v) is 3.37. The highest BCUT2D eigenvalue weighted by Gasteiger charge is 2.16. The van der Waals surface area contributed by atoms with E-state index in [0.29, 0.717) is 6.42 Å². The lowest BCUT2D eigenvalue weighted by atomic mass is 10.0. The molecular formula is C7H13NO4. The number of aliphatic carboxylic acids is 1. The van der Waals surface area contributed by atoms with Crippen molar-refractivity contribution in [1.29, 1.82) is 0 Å². The molecule has 0 aliphatic heterocycles. The van der Waals surface area contributed by atoms with Gasteiger partial charge in [0.15, 0.2) is 6.04 Å². The zero-order valence-corrected chi connectivity index (χ0v) is 7.07.